The molecule has 6 nitrogen and oxygen atoms in total. The minimum absolute atomic E-state index is 0.0657. The number of para-hydroxylation sites is 1. The zero-order valence-corrected chi connectivity index (χ0v) is 17.0. The predicted molar refractivity (Wildman–Crippen MR) is 108 cm³/mol. The van der Waals surface area contributed by atoms with Crippen LogP contribution in [0.5, 0.6) is 0 Å². The van der Waals surface area contributed by atoms with Gasteiger partial charge in [-0.3, -0.25) is 4.79 Å². The summed E-state index contributed by atoms with van der Waals surface area (Å²) in [5.41, 5.74) is 2.75. The molecule has 27 heavy (non-hydrogen) atoms. The lowest BCUT2D eigenvalue weighted by atomic mass is 9.97. The molecule has 0 bridgehead atoms. The molecule has 7 heteroatoms. The van der Waals surface area contributed by atoms with Gasteiger partial charge in [-0.2, -0.15) is 0 Å². The maximum atomic E-state index is 12.4. The molecule has 150 valence electrons. The first-order chi connectivity index (χ1) is 13.0. The quantitative estimate of drug-likeness (QED) is 0.720. The lowest BCUT2D eigenvalue weighted by Crippen LogP contribution is -2.43. The Labute approximate surface area is 163 Å². The van der Waals surface area contributed by atoms with Crippen molar-refractivity contribution in [3.05, 3.63) is 29.8 Å². The third-order valence-corrected chi connectivity index (χ3v) is 7.57. The van der Waals surface area contributed by atoms with Gasteiger partial charge in [-0.25, -0.2) is 12.7 Å². The fourth-order valence-corrected chi connectivity index (χ4v) is 5.18. The smallest absolute Gasteiger partial charge is 0.223 e. The molecule has 1 N–H and O–H groups in total. The molecule has 0 unspecified atom stereocenters. The number of anilines is 1. The van der Waals surface area contributed by atoms with Crippen molar-refractivity contribution in [1.29, 1.82) is 0 Å². The number of carbonyl (C=O) groups is 1. The number of fused-ring (bicyclic) bond motifs is 1. The lowest BCUT2D eigenvalue weighted by Gasteiger charge is -2.32. The zero-order valence-electron chi connectivity index (χ0n) is 16.2. The first kappa shape index (κ1) is 20.1. The van der Waals surface area contributed by atoms with E-state index in [9.17, 15) is 13.2 Å². The van der Waals surface area contributed by atoms with Gasteiger partial charge in [0.1, 0.15) is 0 Å². The van der Waals surface area contributed by atoms with E-state index in [-0.39, 0.29) is 17.6 Å². The van der Waals surface area contributed by atoms with Crippen LogP contribution in [0, 0.1) is 5.92 Å². The molecule has 0 spiro atoms. The number of sulfonamides is 1. The minimum atomic E-state index is -3.13. The van der Waals surface area contributed by atoms with Crippen molar-refractivity contribution in [2.24, 2.45) is 5.92 Å². The Kier molecular flexibility index (Phi) is 6.76. The number of hydrogen-bond donors (Lipinski definition) is 1. The molecule has 0 aliphatic carbocycles. The molecule has 0 atom stereocenters. The van der Waals surface area contributed by atoms with E-state index >= 15 is 0 Å². The van der Waals surface area contributed by atoms with Crippen LogP contribution in [-0.4, -0.2) is 57.1 Å². The fraction of sp³-hybridized carbons (Fsp3) is 0.650. The molecular formula is C20H31N3O3S. The summed E-state index contributed by atoms with van der Waals surface area (Å²) in [6.45, 7) is 5.28. The summed E-state index contributed by atoms with van der Waals surface area (Å²) in [6, 6.07) is 8.57. The van der Waals surface area contributed by atoms with Crippen LogP contribution in [0.1, 0.15) is 38.2 Å². The summed E-state index contributed by atoms with van der Waals surface area (Å²) in [6.07, 6.45) is 4.48. The second-order valence-electron chi connectivity index (χ2n) is 7.44. The number of aryl methyl sites for hydroxylation is 1. The highest BCUT2D eigenvalue weighted by atomic mass is 32.2. The van der Waals surface area contributed by atoms with Crippen LogP contribution in [0.2, 0.25) is 0 Å². The van der Waals surface area contributed by atoms with E-state index in [2.05, 4.69) is 34.5 Å². The Morgan fingerprint density at radius 3 is 2.67 bits per heavy atom. The molecule has 2 aliphatic rings. The van der Waals surface area contributed by atoms with Gasteiger partial charge < -0.3 is 10.2 Å². The van der Waals surface area contributed by atoms with Gasteiger partial charge >= 0.3 is 0 Å². The topological polar surface area (TPSA) is 69.7 Å². The van der Waals surface area contributed by atoms with Gasteiger partial charge in [0.05, 0.1) is 5.75 Å². The average molecular weight is 394 g/mol. The van der Waals surface area contributed by atoms with Gasteiger partial charge in [-0.15, -0.1) is 0 Å². The van der Waals surface area contributed by atoms with Gasteiger partial charge in [0.25, 0.3) is 0 Å². The van der Waals surface area contributed by atoms with Crippen LogP contribution in [0.15, 0.2) is 24.3 Å². The van der Waals surface area contributed by atoms with Crippen LogP contribution in [0.25, 0.3) is 0 Å². The molecule has 1 aromatic carbocycles. The molecule has 1 aromatic rings. The number of rotatable bonds is 7. The molecule has 0 saturated carbocycles. The molecular weight excluding hydrogens is 362 g/mol. The Bertz CT molecular complexity index is 743. The fourth-order valence-electron chi connectivity index (χ4n) is 4.05. The highest BCUT2D eigenvalue weighted by Gasteiger charge is 2.29. The van der Waals surface area contributed by atoms with Crippen molar-refractivity contribution >= 4 is 21.6 Å². The van der Waals surface area contributed by atoms with Crippen molar-refractivity contribution in [3.8, 4) is 0 Å². The number of hydrogen-bond acceptors (Lipinski definition) is 4. The summed E-state index contributed by atoms with van der Waals surface area (Å²) in [4.78, 5) is 14.8. The van der Waals surface area contributed by atoms with Crippen LogP contribution < -0.4 is 10.2 Å². The monoisotopic (exact) mass is 393 g/mol. The third kappa shape index (κ3) is 5.02. The van der Waals surface area contributed by atoms with E-state index in [1.807, 2.05) is 0 Å². The highest BCUT2D eigenvalue weighted by molar-refractivity contribution is 7.89. The van der Waals surface area contributed by atoms with Crippen molar-refractivity contribution in [1.82, 2.24) is 9.62 Å². The standard InChI is InChI=1S/C20H31N3O3S/c1-2-27(25,26)23-15-10-18(11-16-23)20(24)21-12-6-14-22-13-5-8-17-7-3-4-9-19(17)22/h3-4,7,9,18H,2,5-6,8,10-16H2,1H3,(H,21,24). The van der Waals surface area contributed by atoms with E-state index in [0.717, 1.165) is 25.9 Å². The number of carbonyl (C=O) groups excluding carboxylic acids is 1. The zero-order chi connectivity index (χ0) is 19.3. The Morgan fingerprint density at radius 2 is 1.93 bits per heavy atom. The van der Waals surface area contributed by atoms with Crippen molar-refractivity contribution < 1.29 is 13.2 Å². The first-order valence-electron chi connectivity index (χ1n) is 10.1. The second kappa shape index (κ2) is 9.06. The van der Waals surface area contributed by atoms with E-state index in [0.29, 0.717) is 32.5 Å². The number of nitrogens with one attached hydrogen (secondary N) is 1. The number of nitrogens with zero attached hydrogens (tertiary/aromatic N) is 2. The Hall–Kier alpha value is -1.60. The summed E-state index contributed by atoms with van der Waals surface area (Å²) < 4.78 is 25.3. The minimum Gasteiger partial charge on any atom is -0.371 e. The van der Waals surface area contributed by atoms with Crippen molar-refractivity contribution in [3.63, 3.8) is 0 Å². The second-order valence-corrected chi connectivity index (χ2v) is 9.70. The summed E-state index contributed by atoms with van der Waals surface area (Å²) in [5.74, 6) is 0.135. The van der Waals surface area contributed by atoms with E-state index in [1.165, 1.54) is 22.0 Å². The SMILES string of the molecule is CCS(=O)(=O)N1CCC(C(=O)NCCCN2CCCc3ccccc32)CC1. The van der Waals surface area contributed by atoms with Crippen molar-refractivity contribution in [2.75, 3.05) is 43.4 Å². The summed E-state index contributed by atoms with van der Waals surface area (Å²) in [5, 5.41) is 3.05. The number of benzene rings is 1. The van der Waals surface area contributed by atoms with E-state index in [4.69, 9.17) is 0 Å². The Morgan fingerprint density at radius 1 is 1.19 bits per heavy atom. The van der Waals surface area contributed by atoms with Crippen LogP contribution in [-0.2, 0) is 21.2 Å². The molecule has 2 aliphatic heterocycles. The maximum absolute atomic E-state index is 12.4. The van der Waals surface area contributed by atoms with Gasteiger partial charge in [-0.05, 0) is 50.7 Å². The van der Waals surface area contributed by atoms with Crippen LogP contribution >= 0.6 is 0 Å². The summed E-state index contributed by atoms with van der Waals surface area (Å²) >= 11 is 0. The van der Waals surface area contributed by atoms with Gasteiger partial charge in [0.15, 0.2) is 0 Å². The number of piperidine rings is 1. The molecule has 2 heterocycles. The average Bonchev–Trinajstić information content (AvgIpc) is 2.71. The molecule has 0 radical (unpaired) electrons. The molecule has 1 amide bonds. The summed E-state index contributed by atoms with van der Waals surface area (Å²) in [7, 11) is -3.13. The van der Waals surface area contributed by atoms with Crippen molar-refractivity contribution in [2.45, 2.75) is 39.0 Å². The van der Waals surface area contributed by atoms with E-state index in [1.54, 1.807) is 6.92 Å². The molecule has 0 aromatic heterocycles. The Balaban J connectivity index is 1.39. The molecule has 1 saturated heterocycles. The van der Waals surface area contributed by atoms with Gasteiger partial charge in [-0.1, -0.05) is 18.2 Å². The van der Waals surface area contributed by atoms with Crippen LogP contribution in [0.3, 0.4) is 0 Å². The largest absolute Gasteiger partial charge is 0.371 e. The molecule has 3 rings (SSSR count). The number of amides is 1. The van der Waals surface area contributed by atoms with Gasteiger partial charge in [0, 0.05) is 44.3 Å². The van der Waals surface area contributed by atoms with E-state index < -0.39 is 10.0 Å². The maximum Gasteiger partial charge on any atom is 0.223 e. The first-order valence-corrected chi connectivity index (χ1v) is 11.7. The van der Waals surface area contributed by atoms with Crippen LogP contribution in [0.4, 0.5) is 5.69 Å². The van der Waals surface area contributed by atoms with Gasteiger partial charge in [0.2, 0.25) is 15.9 Å². The lowest BCUT2D eigenvalue weighted by molar-refractivity contribution is -0.126. The predicted octanol–water partition coefficient (Wildman–Crippen LogP) is 2.01. The molecule has 1 fully saturated rings. The normalized spacial score (nSPS) is 18.9. The highest BCUT2D eigenvalue weighted by Crippen LogP contribution is 2.26. The third-order valence-electron chi connectivity index (χ3n) is 5.69.